The lowest BCUT2D eigenvalue weighted by Gasteiger charge is -2.58. The molecule has 0 saturated heterocycles. The van der Waals surface area contributed by atoms with Gasteiger partial charge in [-0.1, -0.05) is 27.7 Å². The maximum atomic E-state index is 11.5. The van der Waals surface area contributed by atoms with E-state index in [1.165, 1.54) is 0 Å². The summed E-state index contributed by atoms with van der Waals surface area (Å²) in [7, 11) is 0. The molecule has 3 aliphatic rings. The Bertz CT molecular complexity index is 598. The molecule has 3 fully saturated rings. The zero-order valence-corrected chi connectivity index (χ0v) is 19.4. The highest BCUT2D eigenvalue weighted by molar-refractivity contribution is 5.66. The zero-order chi connectivity index (χ0) is 22.3. The number of carboxylic acids is 1. The molecular formula is C25H44O5. The predicted octanol–water partition coefficient (Wildman–Crippen LogP) is 4.23. The van der Waals surface area contributed by atoms with Crippen LogP contribution >= 0.6 is 0 Å². The minimum absolute atomic E-state index is 0.0510. The van der Waals surface area contributed by atoms with Gasteiger partial charge in [-0.05, 0) is 98.2 Å². The third-order valence-corrected chi connectivity index (χ3v) is 9.87. The van der Waals surface area contributed by atoms with Crippen LogP contribution in [-0.4, -0.2) is 44.7 Å². The van der Waals surface area contributed by atoms with Crippen LogP contribution < -0.4 is 0 Å². The van der Waals surface area contributed by atoms with Gasteiger partial charge in [0.1, 0.15) is 0 Å². The van der Waals surface area contributed by atoms with Crippen LogP contribution in [0.15, 0.2) is 0 Å². The standard InChI is InChI=1S/C25H44O5/c1-5-20(27)23-18-8-7-17(15(2)6-9-22(29)30)25(18,4)21(28)14-19(23)24(3)12-10-16(26)11-13-24/h15-21,23,26-28H,5-14H2,1-4H3,(H,29,30)/t15-,16?,17-,18?,19?,20-,21+,23?,24?,25-/m1/s1. The van der Waals surface area contributed by atoms with Gasteiger partial charge in [0.25, 0.3) is 0 Å². The molecule has 3 saturated carbocycles. The molecule has 174 valence electrons. The number of aliphatic hydroxyl groups is 3. The Morgan fingerprint density at radius 2 is 1.70 bits per heavy atom. The van der Waals surface area contributed by atoms with Crippen molar-refractivity contribution >= 4 is 5.97 Å². The molecule has 0 aliphatic heterocycles. The summed E-state index contributed by atoms with van der Waals surface area (Å²) in [5.41, 5.74) is -0.213. The van der Waals surface area contributed by atoms with Crippen LogP contribution in [0.25, 0.3) is 0 Å². The summed E-state index contributed by atoms with van der Waals surface area (Å²) in [5, 5.41) is 41.9. The Hall–Kier alpha value is -0.650. The first-order valence-corrected chi connectivity index (χ1v) is 12.3. The number of carbonyl (C=O) groups is 1. The number of aliphatic carboxylic acids is 1. The van der Waals surface area contributed by atoms with Crippen LogP contribution in [0.1, 0.15) is 91.9 Å². The van der Waals surface area contributed by atoms with Crippen LogP contribution in [0.4, 0.5) is 0 Å². The van der Waals surface area contributed by atoms with Crippen molar-refractivity contribution in [2.75, 3.05) is 0 Å². The van der Waals surface area contributed by atoms with Crippen molar-refractivity contribution in [3.63, 3.8) is 0 Å². The van der Waals surface area contributed by atoms with Gasteiger partial charge in [-0.2, -0.15) is 0 Å². The molecule has 0 radical (unpaired) electrons. The van der Waals surface area contributed by atoms with Crippen LogP contribution in [-0.2, 0) is 4.79 Å². The minimum atomic E-state index is -0.752. The lowest BCUT2D eigenvalue weighted by Crippen LogP contribution is -2.57. The molecule has 0 bridgehead atoms. The van der Waals surface area contributed by atoms with E-state index >= 15 is 0 Å². The number of hydrogen-bond donors (Lipinski definition) is 4. The first-order chi connectivity index (χ1) is 14.0. The number of carboxylic acid groups (broad SMARTS) is 1. The summed E-state index contributed by atoms with van der Waals surface area (Å²) < 4.78 is 0. The SMILES string of the molecule is CC[C@@H](O)C1C(C2(C)CCC(O)CC2)C[C@H](O)[C@@]2(C)C1CC[C@@H]2[C@H](C)CCC(=O)O. The molecule has 5 heteroatoms. The smallest absolute Gasteiger partial charge is 0.303 e. The molecule has 0 spiro atoms. The van der Waals surface area contributed by atoms with Gasteiger partial charge in [-0.25, -0.2) is 0 Å². The number of aliphatic hydroxyl groups excluding tert-OH is 3. The van der Waals surface area contributed by atoms with Gasteiger partial charge < -0.3 is 20.4 Å². The normalized spacial score (nSPS) is 46.2. The van der Waals surface area contributed by atoms with Crippen molar-refractivity contribution < 1.29 is 25.2 Å². The van der Waals surface area contributed by atoms with Gasteiger partial charge in [0.2, 0.25) is 0 Å². The van der Waals surface area contributed by atoms with Crippen molar-refractivity contribution in [3.8, 4) is 0 Å². The van der Waals surface area contributed by atoms with E-state index in [2.05, 4.69) is 27.7 Å². The van der Waals surface area contributed by atoms with Crippen molar-refractivity contribution in [1.82, 2.24) is 0 Å². The highest BCUT2D eigenvalue weighted by Gasteiger charge is 2.62. The molecule has 3 aliphatic carbocycles. The van der Waals surface area contributed by atoms with E-state index < -0.39 is 12.1 Å². The molecule has 8 atom stereocenters. The Labute approximate surface area is 182 Å². The van der Waals surface area contributed by atoms with E-state index in [-0.39, 0.29) is 53.1 Å². The molecule has 3 unspecified atom stereocenters. The van der Waals surface area contributed by atoms with Crippen molar-refractivity contribution in [1.29, 1.82) is 0 Å². The second-order valence-corrected chi connectivity index (χ2v) is 11.4. The average molecular weight is 425 g/mol. The van der Waals surface area contributed by atoms with Gasteiger partial charge in [0.15, 0.2) is 0 Å². The second kappa shape index (κ2) is 9.07. The lowest BCUT2D eigenvalue weighted by atomic mass is 9.48. The van der Waals surface area contributed by atoms with Crippen molar-refractivity contribution in [2.45, 2.75) is 110 Å². The van der Waals surface area contributed by atoms with E-state index in [9.17, 15) is 20.1 Å². The second-order valence-electron chi connectivity index (χ2n) is 11.4. The van der Waals surface area contributed by atoms with Gasteiger partial charge in [-0.3, -0.25) is 4.79 Å². The van der Waals surface area contributed by atoms with E-state index in [0.29, 0.717) is 18.8 Å². The molecule has 4 N–H and O–H groups in total. The third kappa shape index (κ3) is 4.19. The quantitative estimate of drug-likeness (QED) is 0.490. The molecule has 0 heterocycles. The highest BCUT2D eigenvalue weighted by Crippen LogP contribution is 2.65. The molecule has 30 heavy (non-hydrogen) atoms. The molecule has 5 nitrogen and oxygen atoms in total. The molecular weight excluding hydrogens is 380 g/mol. The number of hydrogen-bond acceptors (Lipinski definition) is 4. The molecule has 0 amide bonds. The van der Waals surface area contributed by atoms with Crippen molar-refractivity contribution in [3.05, 3.63) is 0 Å². The van der Waals surface area contributed by atoms with Crippen LogP contribution in [0.5, 0.6) is 0 Å². The average Bonchev–Trinajstić information content (AvgIpc) is 3.06. The molecule has 0 aromatic heterocycles. The van der Waals surface area contributed by atoms with Gasteiger partial charge in [0, 0.05) is 6.42 Å². The highest BCUT2D eigenvalue weighted by atomic mass is 16.4. The summed E-state index contributed by atoms with van der Waals surface area (Å²) in [5.74, 6) is 0.494. The van der Waals surface area contributed by atoms with Crippen LogP contribution in [0, 0.1) is 40.4 Å². The Morgan fingerprint density at radius 3 is 2.27 bits per heavy atom. The van der Waals surface area contributed by atoms with Crippen LogP contribution in [0.3, 0.4) is 0 Å². The first kappa shape index (κ1) is 24.0. The maximum Gasteiger partial charge on any atom is 0.303 e. The molecule has 0 aromatic rings. The number of fused-ring (bicyclic) bond motifs is 1. The largest absolute Gasteiger partial charge is 0.481 e. The summed E-state index contributed by atoms with van der Waals surface area (Å²) in [6.45, 7) is 8.74. The monoisotopic (exact) mass is 424 g/mol. The summed E-state index contributed by atoms with van der Waals surface area (Å²) in [6, 6.07) is 0. The van der Waals surface area contributed by atoms with Crippen molar-refractivity contribution in [2.24, 2.45) is 40.4 Å². The van der Waals surface area contributed by atoms with E-state index in [1.54, 1.807) is 0 Å². The van der Waals surface area contributed by atoms with E-state index in [1.807, 2.05) is 0 Å². The Morgan fingerprint density at radius 1 is 1.07 bits per heavy atom. The lowest BCUT2D eigenvalue weighted by molar-refractivity contribution is -0.166. The summed E-state index contributed by atoms with van der Waals surface area (Å²) >= 11 is 0. The summed E-state index contributed by atoms with van der Waals surface area (Å²) in [6.07, 6.45) is 6.82. The van der Waals surface area contributed by atoms with Gasteiger partial charge >= 0.3 is 5.97 Å². The Kier molecular flexibility index (Phi) is 7.26. The van der Waals surface area contributed by atoms with Crippen LogP contribution in [0.2, 0.25) is 0 Å². The molecule has 0 aromatic carbocycles. The first-order valence-electron chi connectivity index (χ1n) is 12.3. The fourth-order valence-corrected chi connectivity index (χ4v) is 7.93. The Balaban J connectivity index is 1.89. The predicted molar refractivity (Wildman–Crippen MR) is 117 cm³/mol. The fourth-order valence-electron chi connectivity index (χ4n) is 7.93. The van der Waals surface area contributed by atoms with Gasteiger partial charge in [0.05, 0.1) is 18.3 Å². The molecule has 3 rings (SSSR count). The number of rotatable bonds is 7. The zero-order valence-electron chi connectivity index (χ0n) is 19.4. The minimum Gasteiger partial charge on any atom is -0.481 e. The summed E-state index contributed by atoms with van der Waals surface area (Å²) in [4.78, 5) is 11.1. The fraction of sp³-hybridized carbons (Fsp3) is 0.960. The van der Waals surface area contributed by atoms with E-state index in [0.717, 1.165) is 44.9 Å². The third-order valence-electron chi connectivity index (χ3n) is 9.87. The maximum absolute atomic E-state index is 11.5. The van der Waals surface area contributed by atoms with Gasteiger partial charge in [-0.15, -0.1) is 0 Å². The topological polar surface area (TPSA) is 98.0 Å². The van der Waals surface area contributed by atoms with E-state index in [4.69, 9.17) is 5.11 Å².